The van der Waals surface area contributed by atoms with E-state index in [0.717, 1.165) is 0 Å². The van der Waals surface area contributed by atoms with Crippen molar-refractivity contribution in [3.63, 3.8) is 0 Å². The van der Waals surface area contributed by atoms with E-state index in [1.54, 1.807) is 13.0 Å². The van der Waals surface area contributed by atoms with Gasteiger partial charge in [0.15, 0.2) is 0 Å². The Bertz CT molecular complexity index is 731. The zero-order valence-corrected chi connectivity index (χ0v) is 11.7. The lowest BCUT2D eigenvalue weighted by molar-refractivity contribution is -0.385. The van der Waals surface area contributed by atoms with E-state index >= 15 is 0 Å². The Morgan fingerprint density at radius 1 is 1.33 bits per heavy atom. The summed E-state index contributed by atoms with van der Waals surface area (Å²) >= 11 is 5.89. The molecule has 0 bridgehead atoms. The van der Waals surface area contributed by atoms with Gasteiger partial charge in [0.1, 0.15) is 11.3 Å². The number of benzene rings is 2. The highest BCUT2D eigenvalue weighted by molar-refractivity contribution is 6.35. The summed E-state index contributed by atoms with van der Waals surface area (Å²) in [4.78, 5) is 22.5. The Balaban J connectivity index is 2.36. The predicted octanol–water partition coefficient (Wildman–Crippen LogP) is 3.51. The number of halogens is 1. The largest absolute Gasteiger partial charge is 0.508 e. The average molecular weight is 307 g/mol. The molecule has 0 unspecified atom stereocenters. The highest BCUT2D eigenvalue weighted by atomic mass is 35.5. The van der Waals surface area contributed by atoms with Crippen molar-refractivity contribution < 1.29 is 14.8 Å². The van der Waals surface area contributed by atoms with E-state index in [9.17, 15) is 20.0 Å². The minimum atomic E-state index is -0.683. The minimum Gasteiger partial charge on any atom is -0.508 e. The number of nitrogens with one attached hydrogen (secondary N) is 1. The molecule has 108 valence electrons. The number of nitro benzene ring substituents is 1. The normalized spacial score (nSPS) is 10.2. The Morgan fingerprint density at radius 2 is 2.05 bits per heavy atom. The second-order valence-corrected chi connectivity index (χ2v) is 4.75. The predicted molar refractivity (Wildman–Crippen MR) is 78.9 cm³/mol. The van der Waals surface area contributed by atoms with Crippen LogP contribution < -0.4 is 5.32 Å². The quantitative estimate of drug-likeness (QED) is 0.515. The van der Waals surface area contributed by atoms with Crippen LogP contribution in [0.3, 0.4) is 0 Å². The first kappa shape index (κ1) is 14.8. The van der Waals surface area contributed by atoms with Crippen molar-refractivity contribution >= 4 is 28.9 Å². The molecular weight excluding hydrogens is 296 g/mol. The van der Waals surface area contributed by atoms with Crippen LogP contribution in [0.4, 0.5) is 11.4 Å². The fourth-order valence-electron chi connectivity index (χ4n) is 1.82. The van der Waals surface area contributed by atoms with E-state index in [1.807, 2.05) is 0 Å². The molecule has 0 heterocycles. The number of hydrogen-bond donors (Lipinski definition) is 2. The highest BCUT2D eigenvalue weighted by Crippen LogP contribution is 2.28. The van der Waals surface area contributed by atoms with E-state index in [0.29, 0.717) is 11.3 Å². The van der Waals surface area contributed by atoms with Crippen molar-refractivity contribution in [1.29, 1.82) is 0 Å². The van der Waals surface area contributed by atoms with Crippen LogP contribution in [0.5, 0.6) is 5.75 Å². The Kier molecular flexibility index (Phi) is 4.09. The van der Waals surface area contributed by atoms with Crippen molar-refractivity contribution in [2.24, 2.45) is 0 Å². The molecule has 6 nitrogen and oxygen atoms in total. The van der Waals surface area contributed by atoms with Crippen molar-refractivity contribution in [3.05, 3.63) is 62.7 Å². The Morgan fingerprint density at radius 3 is 2.67 bits per heavy atom. The van der Waals surface area contributed by atoms with Crippen LogP contribution in [0.15, 0.2) is 36.4 Å². The lowest BCUT2D eigenvalue weighted by Gasteiger charge is -2.08. The Hall–Kier alpha value is -2.60. The summed E-state index contributed by atoms with van der Waals surface area (Å²) < 4.78 is 0. The maximum atomic E-state index is 12.2. The molecule has 0 aliphatic heterocycles. The molecule has 21 heavy (non-hydrogen) atoms. The van der Waals surface area contributed by atoms with Crippen LogP contribution in [-0.2, 0) is 0 Å². The number of nitro groups is 1. The third-order valence-corrected chi connectivity index (χ3v) is 3.19. The summed E-state index contributed by atoms with van der Waals surface area (Å²) in [6.45, 7) is 1.67. The van der Waals surface area contributed by atoms with Crippen LogP contribution in [-0.4, -0.2) is 15.9 Å². The number of anilines is 1. The van der Waals surface area contributed by atoms with Gasteiger partial charge < -0.3 is 10.4 Å². The number of aryl methyl sites for hydroxylation is 1. The van der Waals surface area contributed by atoms with Crippen molar-refractivity contribution in [2.45, 2.75) is 6.92 Å². The molecular formula is C14H11ClN2O4. The summed E-state index contributed by atoms with van der Waals surface area (Å²) in [5, 5.41) is 22.9. The highest BCUT2D eigenvalue weighted by Gasteiger charge is 2.23. The minimum absolute atomic E-state index is 0.00259. The van der Waals surface area contributed by atoms with Gasteiger partial charge in [-0.15, -0.1) is 0 Å². The second-order valence-electron chi connectivity index (χ2n) is 4.35. The second kappa shape index (κ2) is 5.80. The van der Waals surface area contributed by atoms with Gasteiger partial charge in [-0.2, -0.15) is 0 Å². The number of carbonyl (C=O) groups is 1. The topological polar surface area (TPSA) is 92.5 Å². The number of nitrogens with zero attached hydrogens (tertiary/aromatic N) is 1. The molecule has 7 heteroatoms. The van der Waals surface area contributed by atoms with Crippen LogP contribution in [0.1, 0.15) is 15.9 Å². The van der Waals surface area contributed by atoms with Gasteiger partial charge in [0, 0.05) is 11.8 Å². The molecule has 2 rings (SSSR count). The average Bonchev–Trinajstić information content (AvgIpc) is 2.42. The van der Waals surface area contributed by atoms with Crippen LogP contribution in [0.2, 0.25) is 5.02 Å². The molecule has 1 amide bonds. The van der Waals surface area contributed by atoms with Gasteiger partial charge >= 0.3 is 0 Å². The maximum Gasteiger partial charge on any atom is 0.283 e. The van der Waals surface area contributed by atoms with Crippen molar-refractivity contribution in [2.75, 3.05) is 5.32 Å². The van der Waals surface area contributed by atoms with E-state index < -0.39 is 10.8 Å². The molecule has 0 spiro atoms. The van der Waals surface area contributed by atoms with Gasteiger partial charge in [-0.3, -0.25) is 14.9 Å². The van der Waals surface area contributed by atoms with E-state index in [1.165, 1.54) is 30.3 Å². The zero-order valence-electron chi connectivity index (χ0n) is 11.0. The number of rotatable bonds is 3. The Labute approximate surface area is 125 Å². The molecule has 2 aromatic carbocycles. The van der Waals surface area contributed by atoms with Gasteiger partial charge in [0.2, 0.25) is 0 Å². The molecule has 0 fully saturated rings. The van der Waals surface area contributed by atoms with Crippen molar-refractivity contribution in [1.82, 2.24) is 0 Å². The first-order valence-electron chi connectivity index (χ1n) is 5.94. The zero-order chi connectivity index (χ0) is 15.6. The third kappa shape index (κ3) is 3.11. The number of hydrogen-bond acceptors (Lipinski definition) is 4. The van der Waals surface area contributed by atoms with Crippen molar-refractivity contribution in [3.8, 4) is 5.75 Å². The van der Waals surface area contributed by atoms with Gasteiger partial charge in [-0.05, 0) is 36.8 Å². The van der Waals surface area contributed by atoms with E-state index in [-0.39, 0.29) is 22.0 Å². The van der Waals surface area contributed by atoms with E-state index in [4.69, 9.17) is 11.6 Å². The van der Waals surface area contributed by atoms with Crippen LogP contribution in [0, 0.1) is 17.0 Å². The fraction of sp³-hybridized carbons (Fsp3) is 0.0714. The molecule has 2 N–H and O–H groups in total. The number of phenolic OH excluding ortho intramolecular Hbond substituents is 1. The molecule has 0 radical (unpaired) electrons. The molecule has 0 saturated heterocycles. The van der Waals surface area contributed by atoms with Gasteiger partial charge in [-0.1, -0.05) is 17.7 Å². The SMILES string of the molecule is Cc1cc(NC(=O)c2c(Cl)cccc2[N+](=O)[O-])ccc1O. The molecule has 2 aromatic rings. The van der Waals surface area contributed by atoms with Crippen LogP contribution in [0.25, 0.3) is 0 Å². The van der Waals surface area contributed by atoms with Gasteiger partial charge in [-0.25, -0.2) is 0 Å². The first-order valence-corrected chi connectivity index (χ1v) is 6.32. The van der Waals surface area contributed by atoms with Crippen LogP contribution >= 0.6 is 11.6 Å². The molecule has 0 atom stereocenters. The van der Waals surface area contributed by atoms with Gasteiger partial charge in [0.25, 0.3) is 11.6 Å². The standard InChI is InChI=1S/C14H11ClN2O4/c1-8-7-9(5-6-12(8)18)16-14(19)13-10(15)3-2-4-11(13)17(20)21/h2-7,18H,1H3,(H,16,19). The third-order valence-electron chi connectivity index (χ3n) is 2.87. The number of phenols is 1. The molecule has 0 aliphatic rings. The smallest absolute Gasteiger partial charge is 0.283 e. The number of aromatic hydroxyl groups is 1. The molecule has 0 aromatic heterocycles. The molecule has 0 saturated carbocycles. The summed E-state index contributed by atoms with van der Waals surface area (Å²) in [5.41, 5.74) is 0.413. The molecule has 0 aliphatic carbocycles. The summed E-state index contributed by atoms with van der Waals surface area (Å²) in [6.07, 6.45) is 0. The lowest BCUT2D eigenvalue weighted by atomic mass is 10.1. The van der Waals surface area contributed by atoms with E-state index in [2.05, 4.69) is 5.32 Å². The maximum absolute atomic E-state index is 12.2. The summed E-state index contributed by atoms with van der Waals surface area (Å²) in [5.74, 6) is -0.589. The monoisotopic (exact) mass is 306 g/mol. The number of carbonyl (C=O) groups excluding carboxylic acids is 1. The summed E-state index contributed by atoms with van der Waals surface area (Å²) in [6, 6.07) is 8.49. The first-order chi connectivity index (χ1) is 9.90. The fourth-order valence-corrected chi connectivity index (χ4v) is 2.07. The van der Waals surface area contributed by atoms with Gasteiger partial charge in [0.05, 0.1) is 9.95 Å². The number of amides is 1. The lowest BCUT2D eigenvalue weighted by Crippen LogP contribution is -2.14. The summed E-state index contributed by atoms with van der Waals surface area (Å²) in [7, 11) is 0.